The fraction of sp³-hybridized carbons (Fsp3) is 0.154. The van der Waals surface area contributed by atoms with Crippen LogP contribution in [-0.4, -0.2) is 11.1 Å². The first-order valence-corrected chi connectivity index (χ1v) is 10.9. The molecule has 150 valence electrons. The number of para-hydroxylation sites is 2. The lowest BCUT2D eigenvalue weighted by molar-refractivity contribution is -0.113. The average Bonchev–Trinajstić information content (AvgIpc) is 3.05. The van der Waals surface area contributed by atoms with Gasteiger partial charge in [-0.1, -0.05) is 67.6 Å². The molecule has 0 saturated carbocycles. The normalized spacial score (nSPS) is 16.6. The number of hydrogen-bond donors (Lipinski definition) is 0. The summed E-state index contributed by atoms with van der Waals surface area (Å²) in [7, 11) is 0. The van der Waals surface area contributed by atoms with Crippen molar-refractivity contribution >= 4 is 40.3 Å². The Balaban J connectivity index is 1.79. The number of nitrogens with zero attached hydrogens (tertiary/aromatic N) is 2. The number of carbonyl (C=O) groups excluding carboxylic acids is 1. The quantitative estimate of drug-likeness (QED) is 0.448. The third-order valence-electron chi connectivity index (χ3n) is 5.18. The van der Waals surface area contributed by atoms with E-state index in [0.717, 1.165) is 34.5 Å². The second kappa shape index (κ2) is 8.72. The Labute approximate surface area is 182 Å². The van der Waals surface area contributed by atoms with Gasteiger partial charge in [-0.25, -0.2) is 4.99 Å². The Morgan fingerprint density at radius 1 is 0.900 bits per heavy atom. The van der Waals surface area contributed by atoms with Crippen molar-refractivity contribution in [3.63, 3.8) is 0 Å². The molecule has 1 fully saturated rings. The Morgan fingerprint density at radius 3 is 2.23 bits per heavy atom. The number of rotatable bonds is 4. The van der Waals surface area contributed by atoms with Crippen molar-refractivity contribution in [3.8, 4) is 0 Å². The summed E-state index contributed by atoms with van der Waals surface area (Å²) >= 11 is 1.43. The van der Waals surface area contributed by atoms with Gasteiger partial charge in [-0.05, 0) is 72.5 Å². The highest BCUT2D eigenvalue weighted by Gasteiger charge is 2.35. The summed E-state index contributed by atoms with van der Waals surface area (Å²) in [6.07, 6.45) is 2.96. The van der Waals surface area contributed by atoms with Crippen molar-refractivity contribution in [1.29, 1.82) is 0 Å². The highest BCUT2D eigenvalue weighted by Crippen LogP contribution is 2.38. The number of hydrogen-bond acceptors (Lipinski definition) is 3. The molecule has 0 aromatic heterocycles. The molecule has 3 aromatic rings. The standard InChI is InChI=1S/C26H24N2OS/c1-4-20-13-15-21(16-14-20)17-24-25(29)28(23-12-8-6-10-19(23)3)26(30-24)27-22-11-7-5-9-18(22)2/h5-17H,4H2,1-3H3/b24-17+,27-26?. The predicted octanol–water partition coefficient (Wildman–Crippen LogP) is 6.67. The van der Waals surface area contributed by atoms with E-state index < -0.39 is 0 Å². The number of anilines is 1. The number of amidine groups is 1. The zero-order valence-corrected chi connectivity index (χ0v) is 18.2. The third-order valence-corrected chi connectivity index (χ3v) is 6.15. The second-order valence-corrected chi connectivity index (χ2v) is 8.32. The molecule has 3 aromatic carbocycles. The van der Waals surface area contributed by atoms with Crippen LogP contribution >= 0.6 is 11.8 Å². The summed E-state index contributed by atoms with van der Waals surface area (Å²) in [5.41, 5.74) is 6.16. The molecule has 3 nitrogen and oxygen atoms in total. The van der Waals surface area contributed by atoms with Gasteiger partial charge in [0, 0.05) is 0 Å². The summed E-state index contributed by atoms with van der Waals surface area (Å²) in [5, 5.41) is 0.681. The van der Waals surface area contributed by atoms with Crippen LogP contribution in [0.4, 0.5) is 11.4 Å². The lowest BCUT2D eigenvalue weighted by Gasteiger charge is -2.18. The van der Waals surface area contributed by atoms with Crippen LogP contribution in [-0.2, 0) is 11.2 Å². The van der Waals surface area contributed by atoms with Crippen molar-refractivity contribution in [2.45, 2.75) is 27.2 Å². The first kappa shape index (κ1) is 20.2. The second-order valence-electron chi connectivity index (χ2n) is 7.31. The molecule has 0 N–H and O–H groups in total. The van der Waals surface area contributed by atoms with E-state index in [4.69, 9.17) is 4.99 Å². The summed E-state index contributed by atoms with van der Waals surface area (Å²) < 4.78 is 0. The number of benzene rings is 3. The Kier molecular flexibility index (Phi) is 5.86. The topological polar surface area (TPSA) is 32.7 Å². The molecular formula is C26H24N2OS. The molecule has 0 aliphatic carbocycles. The maximum Gasteiger partial charge on any atom is 0.271 e. The first-order chi connectivity index (χ1) is 14.6. The van der Waals surface area contributed by atoms with Gasteiger partial charge in [-0.15, -0.1) is 0 Å². The zero-order valence-electron chi connectivity index (χ0n) is 17.4. The highest BCUT2D eigenvalue weighted by atomic mass is 32.2. The average molecular weight is 413 g/mol. The monoisotopic (exact) mass is 412 g/mol. The van der Waals surface area contributed by atoms with Gasteiger partial charge < -0.3 is 0 Å². The molecule has 0 spiro atoms. The van der Waals surface area contributed by atoms with Crippen molar-refractivity contribution in [3.05, 3.63) is 100.0 Å². The smallest absolute Gasteiger partial charge is 0.268 e. The van der Waals surface area contributed by atoms with Gasteiger partial charge in [-0.3, -0.25) is 9.69 Å². The minimum absolute atomic E-state index is 0.0406. The summed E-state index contributed by atoms with van der Waals surface area (Å²) in [6.45, 7) is 6.19. The zero-order chi connectivity index (χ0) is 21.1. The van der Waals surface area contributed by atoms with Gasteiger partial charge >= 0.3 is 0 Å². The fourth-order valence-corrected chi connectivity index (χ4v) is 4.36. The van der Waals surface area contributed by atoms with E-state index in [1.165, 1.54) is 17.3 Å². The van der Waals surface area contributed by atoms with Gasteiger partial charge in [-0.2, -0.15) is 0 Å². The number of aryl methyl sites for hydroxylation is 3. The summed E-state index contributed by atoms with van der Waals surface area (Å²) in [6, 6.07) is 24.3. The van der Waals surface area contributed by atoms with Gasteiger partial charge in [0.15, 0.2) is 5.17 Å². The Hall–Kier alpha value is -3.11. The SMILES string of the molecule is CCc1ccc(/C=C2/SC(=Nc3ccccc3C)N(c3ccccc3C)C2=O)cc1. The molecule has 1 saturated heterocycles. The van der Waals surface area contributed by atoms with E-state index >= 15 is 0 Å². The molecule has 1 aliphatic rings. The molecule has 0 atom stereocenters. The molecule has 0 radical (unpaired) electrons. The van der Waals surface area contributed by atoms with Crippen LogP contribution in [0, 0.1) is 13.8 Å². The van der Waals surface area contributed by atoms with Crippen molar-refractivity contribution in [2.24, 2.45) is 4.99 Å². The summed E-state index contributed by atoms with van der Waals surface area (Å²) in [4.78, 5) is 20.7. The number of carbonyl (C=O) groups is 1. The van der Waals surface area contributed by atoms with Crippen molar-refractivity contribution in [2.75, 3.05) is 4.90 Å². The van der Waals surface area contributed by atoms with Crippen molar-refractivity contribution < 1.29 is 4.79 Å². The van der Waals surface area contributed by atoms with E-state index in [1.54, 1.807) is 4.90 Å². The number of thioether (sulfide) groups is 1. The molecule has 0 bridgehead atoms. The lowest BCUT2D eigenvalue weighted by Crippen LogP contribution is -2.29. The largest absolute Gasteiger partial charge is 0.271 e. The van der Waals surface area contributed by atoms with E-state index in [9.17, 15) is 4.79 Å². The molecular weight excluding hydrogens is 388 g/mol. The third kappa shape index (κ3) is 4.10. The fourth-order valence-electron chi connectivity index (χ4n) is 3.37. The van der Waals surface area contributed by atoms with E-state index in [0.29, 0.717) is 10.1 Å². The van der Waals surface area contributed by atoms with Crippen LogP contribution in [0.25, 0.3) is 6.08 Å². The Bertz CT molecular complexity index is 1150. The van der Waals surface area contributed by atoms with Crippen LogP contribution in [0.2, 0.25) is 0 Å². The first-order valence-electron chi connectivity index (χ1n) is 10.1. The molecule has 4 rings (SSSR count). The molecule has 4 heteroatoms. The van der Waals surface area contributed by atoms with Crippen LogP contribution in [0.5, 0.6) is 0 Å². The minimum Gasteiger partial charge on any atom is -0.268 e. The van der Waals surface area contributed by atoms with E-state index in [-0.39, 0.29) is 5.91 Å². The van der Waals surface area contributed by atoms with Crippen molar-refractivity contribution in [1.82, 2.24) is 0 Å². The lowest BCUT2D eigenvalue weighted by atomic mass is 10.1. The summed E-state index contributed by atoms with van der Waals surface area (Å²) in [5.74, 6) is -0.0406. The van der Waals surface area contributed by atoms with Crippen LogP contribution in [0.15, 0.2) is 82.7 Å². The van der Waals surface area contributed by atoms with E-state index in [1.807, 2.05) is 68.5 Å². The van der Waals surface area contributed by atoms with Gasteiger partial charge in [0.2, 0.25) is 0 Å². The number of aliphatic imine (C=N–C) groups is 1. The van der Waals surface area contributed by atoms with Gasteiger partial charge in [0.25, 0.3) is 5.91 Å². The van der Waals surface area contributed by atoms with Crippen LogP contribution in [0.3, 0.4) is 0 Å². The minimum atomic E-state index is -0.0406. The molecule has 0 unspecified atom stereocenters. The maximum atomic E-state index is 13.4. The molecule has 1 aliphatic heterocycles. The van der Waals surface area contributed by atoms with Crippen LogP contribution in [0.1, 0.15) is 29.2 Å². The molecule has 1 amide bonds. The highest BCUT2D eigenvalue weighted by molar-refractivity contribution is 8.19. The van der Waals surface area contributed by atoms with Crippen LogP contribution < -0.4 is 4.90 Å². The van der Waals surface area contributed by atoms with Gasteiger partial charge in [0.1, 0.15) is 0 Å². The van der Waals surface area contributed by atoms with Gasteiger partial charge in [0.05, 0.1) is 16.3 Å². The number of amides is 1. The maximum absolute atomic E-state index is 13.4. The Morgan fingerprint density at radius 2 is 1.57 bits per heavy atom. The predicted molar refractivity (Wildman–Crippen MR) is 128 cm³/mol. The molecule has 1 heterocycles. The van der Waals surface area contributed by atoms with E-state index in [2.05, 4.69) is 31.2 Å². The molecule has 30 heavy (non-hydrogen) atoms.